The summed E-state index contributed by atoms with van der Waals surface area (Å²) in [5.41, 5.74) is 0.812. The summed E-state index contributed by atoms with van der Waals surface area (Å²) in [4.78, 5) is 2.21. The fourth-order valence-electron chi connectivity index (χ4n) is 1.81. The molecule has 0 aromatic carbocycles. The van der Waals surface area contributed by atoms with Crippen molar-refractivity contribution in [3.63, 3.8) is 0 Å². The smallest absolute Gasteiger partial charge is 0.138 e. The van der Waals surface area contributed by atoms with Gasteiger partial charge in [-0.3, -0.25) is 4.90 Å². The fraction of sp³-hybridized carbons (Fsp3) is 0.800. The molecule has 0 bridgehead atoms. The predicted molar refractivity (Wildman–Crippen MR) is 66.8 cm³/mol. The minimum Gasteiger partial charge on any atom is -0.395 e. The molecule has 1 N–H and O–H groups in total. The van der Waals surface area contributed by atoms with Crippen molar-refractivity contribution in [2.75, 3.05) is 13.2 Å². The highest BCUT2D eigenvalue weighted by molar-refractivity contribution is 7.10. The quantitative estimate of drug-likeness (QED) is 0.819. The highest BCUT2D eigenvalue weighted by atomic mass is 35.5. The van der Waals surface area contributed by atoms with Crippen molar-refractivity contribution in [3.05, 3.63) is 10.0 Å². The van der Waals surface area contributed by atoms with Gasteiger partial charge in [0.25, 0.3) is 0 Å². The Labute approximate surface area is 105 Å². The van der Waals surface area contributed by atoms with Gasteiger partial charge in [0.05, 0.1) is 6.61 Å². The van der Waals surface area contributed by atoms with E-state index in [0.717, 1.165) is 18.5 Å². The van der Waals surface area contributed by atoms with Crippen LogP contribution in [0.15, 0.2) is 0 Å². The third-order valence-corrected chi connectivity index (χ3v) is 3.69. The van der Waals surface area contributed by atoms with Gasteiger partial charge in [-0.2, -0.15) is 0 Å². The zero-order chi connectivity index (χ0) is 12.0. The van der Waals surface area contributed by atoms with E-state index in [-0.39, 0.29) is 6.61 Å². The SMILES string of the molecule is CCC(CC)N(CCO)Cc1nnsc1Cl. The molecule has 1 aromatic heterocycles. The van der Waals surface area contributed by atoms with Crippen molar-refractivity contribution >= 4 is 23.1 Å². The first kappa shape index (κ1) is 13.8. The maximum atomic E-state index is 9.07. The first-order valence-corrected chi connectivity index (χ1v) is 6.69. The molecule has 0 unspecified atom stereocenters. The van der Waals surface area contributed by atoms with Crippen LogP contribution in [0.1, 0.15) is 32.4 Å². The van der Waals surface area contributed by atoms with E-state index in [1.165, 1.54) is 11.5 Å². The third kappa shape index (κ3) is 3.66. The molecule has 16 heavy (non-hydrogen) atoms. The highest BCUT2D eigenvalue weighted by Gasteiger charge is 2.17. The van der Waals surface area contributed by atoms with E-state index in [0.29, 0.717) is 23.5 Å². The lowest BCUT2D eigenvalue weighted by Gasteiger charge is -2.28. The Morgan fingerprint density at radius 1 is 1.44 bits per heavy atom. The molecule has 0 aliphatic heterocycles. The lowest BCUT2D eigenvalue weighted by Crippen LogP contribution is -2.36. The molecule has 6 heteroatoms. The molecular formula is C10H18ClN3OS. The Morgan fingerprint density at radius 2 is 2.12 bits per heavy atom. The topological polar surface area (TPSA) is 49.2 Å². The first-order valence-electron chi connectivity index (χ1n) is 5.54. The molecule has 0 spiro atoms. The first-order chi connectivity index (χ1) is 7.72. The van der Waals surface area contributed by atoms with Crippen LogP contribution in [0.4, 0.5) is 0 Å². The number of hydrogen-bond acceptors (Lipinski definition) is 5. The zero-order valence-corrected chi connectivity index (χ0v) is 11.3. The maximum Gasteiger partial charge on any atom is 0.138 e. The summed E-state index contributed by atoms with van der Waals surface area (Å²) >= 11 is 7.19. The van der Waals surface area contributed by atoms with Gasteiger partial charge in [0.1, 0.15) is 10.0 Å². The average molecular weight is 264 g/mol. The Bertz CT molecular complexity index is 304. The predicted octanol–water partition coefficient (Wildman–Crippen LogP) is 2.17. The van der Waals surface area contributed by atoms with Gasteiger partial charge >= 0.3 is 0 Å². The normalized spacial score (nSPS) is 11.6. The summed E-state index contributed by atoms with van der Waals surface area (Å²) < 4.78 is 4.46. The van der Waals surface area contributed by atoms with E-state index >= 15 is 0 Å². The van der Waals surface area contributed by atoms with Crippen molar-refractivity contribution in [1.29, 1.82) is 0 Å². The largest absolute Gasteiger partial charge is 0.395 e. The van der Waals surface area contributed by atoms with Gasteiger partial charge < -0.3 is 5.11 Å². The Morgan fingerprint density at radius 3 is 2.56 bits per heavy atom. The van der Waals surface area contributed by atoms with E-state index in [1.54, 1.807) is 0 Å². The molecule has 0 saturated carbocycles. The van der Waals surface area contributed by atoms with Crippen molar-refractivity contribution in [3.8, 4) is 0 Å². The molecule has 0 fully saturated rings. The summed E-state index contributed by atoms with van der Waals surface area (Å²) in [5, 5.41) is 13.1. The van der Waals surface area contributed by atoms with Gasteiger partial charge in [0.2, 0.25) is 0 Å². The Balaban J connectivity index is 2.67. The average Bonchev–Trinajstić information content (AvgIpc) is 2.66. The van der Waals surface area contributed by atoms with Crippen LogP contribution in [0.3, 0.4) is 0 Å². The van der Waals surface area contributed by atoms with Crippen LogP contribution < -0.4 is 0 Å². The summed E-state index contributed by atoms with van der Waals surface area (Å²) in [6.07, 6.45) is 2.12. The second-order valence-corrected chi connectivity index (χ2v) is 5.01. The van der Waals surface area contributed by atoms with E-state index in [2.05, 4.69) is 28.3 Å². The Hall–Kier alpha value is -0.230. The zero-order valence-electron chi connectivity index (χ0n) is 9.69. The molecule has 0 radical (unpaired) electrons. The number of aliphatic hydroxyl groups is 1. The van der Waals surface area contributed by atoms with Crippen molar-refractivity contribution < 1.29 is 5.11 Å². The minimum atomic E-state index is 0.158. The molecular weight excluding hydrogens is 246 g/mol. The third-order valence-electron chi connectivity index (χ3n) is 2.71. The number of rotatable bonds is 7. The van der Waals surface area contributed by atoms with Crippen molar-refractivity contribution in [1.82, 2.24) is 14.5 Å². The lowest BCUT2D eigenvalue weighted by atomic mass is 10.1. The van der Waals surface area contributed by atoms with Crippen molar-refractivity contribution in [2.45, 2.75) is 39.3 Å². The number of aliphatic hydroxyl groups excluding tert-OH is 1. The van der Waals surface area contributed by atoms with Crippen LogP contribution >= 0.6 is 23.1 Å². The van der Waals surface area contributed by atoms with Crippen LogP contribution in [0, 0.1) is 0 Å². The standard InChI is InChI=1S/C10H18ClN3OS/c1-3-8(4-2)14(5-6-15)7-9-10(11)16-13-12-9/h8,15H,3-7H2,1-2H3. The minimum absolute atomic E-state index is 0.158. The Kier molecular flexibility index (Phi) is 6.20. The van der Waals surface area contributed by atoms with Gasteiger partial charge in [-0.05, 0) is 12.8 Å². The molecule has 1 rings (SSSR count). The van der Waals surface area contributed by atoms with Gasteiger partial charge in [-0.15, -0.1) is 5.10 Å². The lowest BCUT2D eigenvalue weighted by molar-refractivity contribution is 0.135. The molecule has 1 heterocycles. The van der Waals surface area contributed by atoms with Crippen LogP contribution in [0.25, 0.3) is 0 Å². The summed E-state index contributed by atoms with van der Waals surface area (Å²) in [5.74, 6) is 0. The number of nitrogens with zero attached hydrogens (tertiary/aromatic N) is 3. The van der Waals surface area contributed by atoms with Crippen LogP contribution in [0.2, 0.25) is 4.34 Å². The van der Waals surface area contributed by atoms with Crippen LogP contribution in [-0.2, 0) is 6.54 Å². The molecule has 92 valence electrons. The van der Waals surface area contributed by atoms with Gasteiger partial charge in [0, 0.05) is 30.7 Å². The fourth-order valence-corrected chi connectivity index (χ4v) is 2.42. The van der Waals surface area contributed by atoms with Crippen LogP contribution in [-0.4, -0.2) is 38.8 Å². The molecule has 4 nitrogen and oxygen atoms in total. The van der Waals surface area contributed by atoms with Gasteiger partial charge in [-0.1, -0.05) is 29.9 Å². The van der Waals surface area contributed by atoms with Crippen molar-refractivity contribution in [2.24, 2.45) is 0 Å². The van der Waals surface area contributed by atoms with Gasteiger partial charge in [0.15, 0.2) is 0 Å². The maximum absolute atomic E-state index is 9.07. The molecule has 0 aliphatic carbocycles. The molecule has 1 aromatic rings. The summed E-state index contributed by atoms with van der Waals surface area (Å²) in [6.45, 7) is 5.78. The van der Waals surface area contributed by atoms with Crippen LogP contribution in [0.5, 0.6) is 0 Å². The summed E-state index contributed by atoms with van der Waals surface area (Å²) in [6, 6.07) is 0.463. The monoisotopic (exact) mass is 263 g/mol. The molecule has 0 amide bonds. The van der Waals surface area contributed by atoms with Gasteiger partial charge in [-0.25, -0.2) is 0 Å². The molecule has 0 aliphatic rings. The number of halogens is 1. The van der Waals surface area contributed by atoms with E-state index in [9.17, 15) is 0 Å². The van der Waals surface area contributed by atoms with E-state index < -0.39 is 0 Å². The second kappa shape index (κ2) is 7.17. The number of aromatic nitrogens is 2. The molecule has 0 atom stereocenters. The van der Waals surface area contributed by atoms with E-state index in [1.807, 2.05) is 0 Å². The summed E-state index contributed by atoms with van der Waals surface area (Å²) in [7, 11) is 0. The molecule has 0 saturated heterocycles. The van der Waals surface area contributed by atoms with E-state index in [4.69, 9.17) is 16.7 Å². The second-order valence-electron chi connectivity index (χ2n) is 3.66. The number of hydrogen-bond donors (Lipinski definition) is 1. The highest BCUT2D eigenvalue weighted by Crippen LogP contribution is 2.20.